The third kappa shape index (κ3) is 3.30. The van der Waals surface area contributed by atoms with E-state index in [0.29, 0.717) is 5.56 Å². The van der Waals surface area contributed by atoms with Crippen molar-refractivity contribution < 1.29 is 9.18 Å². The van der Waals surface area contributed by atoms with Crippen LogP contribution in [0.15, 0.2) is 24.3 Å². The van der Waals surface area contributed by atoms with Crippen LogP contribution in [0.25, 0.3) is 0 Å². The Morgan fingerprint density at radius 1 is 1.53 bits per heavy atom. The molecule has 0 aromatic heterocycles. The van der Waals surface area contributed by atoms with Crippen molar-refractivity contribution in [2.24, 2.45) is 5.73 Å². The second-order valence-corrected chi connectivity index (χ2v) is 3.13. The Bertz CT molecular complexity index is 343. The van der Waals surface area contributed by atoms with Crippen molar-refractivity contribution in [3.8, 4) is 0 Å². The Balaban J connectivity index is 2.65. The highest BCUT2D eigenvalue weighted by atomic mass is 19.1. The molecule has 1 amide bonds. The molecule has 5 heteroatoms. The van der Waals surface area contributed by atoms with E-state index in [-0.39, 0.29) is 18.1 Å². The van der Waals surface area contributed by atoms with Crippen LogP contribution >= 0.6 is 0 Å². The van der Waals surface area contributed by atoms with E-state index in [4.69, 9.17) is 5.73 Å². The number of amides is 1. The molecule has 1 aromatic carbocycles. The van der Waals surface area contributed by atoms with Crippen LogP contribution in [-0.2, 0) is 4.79 Å². The molecular weight excluding hydrogens is 197 g/mol. The van der Waals surface area contributed by atoms with Gasteiger partial charge in [0.2, 0.25) is 5.91 Å². The average molecular weight is 211 g/mol. The van der Waals surface area contributed by atoms with Gasteiger partial charge >= 0.3 is 0 Å². The lowest BCUT2D eigenvalue weighted by Crippen LogP contribution is -2.36. The van der Waals surface area contributed by atoms with E-state index in [1.807, 2.05) is 0 Å². The number of hydrogen-bond acceptors (Lipinski definition) is 3. The molecule has 1 aromatic rings. The highest BCUT2D eigenvalue weighted by Crippen LogP contribution is 2.16. The number of nitrogens with one attached hydrogen (secondary N) is 2. The van der Waals surface area contributed by atoms with E-state index in [0.717, 1.165) is 0 Å². The molecule has 1 unspecified atom stereocenters. The smallest absolute Gasteiger partial charge is 0.235 e. The maximum absolute atomic E-state index is 13.2. The lowest BCUT2D eigenvalue weighted by Gasteiger charge is -2.12. The molecule has 0 fully saturated rings. The molecule has 0 bridgehead atoms. The fourth-order valence-electron chi connectivity index (χ4n) is 1.28. The molecule has 1 rings (SSSR count). The third-order valence-corrected chi connectivity index (χ3v) is 1.97. The predicted molar refractivity (Wildman–Crippen MR) is 55.1 cm³/mol. The first-order valence-corrected chi connectivity index (χ1v) is 4.60. The summed E-state index contributed by atoms with van der Waals surface area (Å²) in [7, 11) is 1.58. The van der Waals surface area contributed by atoms with Crippen LogP contribution in [0.4, 0.5) is 4.39 Å². The van der Waals surface area contributed by atoms with Crippen LogP contribution in [0.2, 0.25) is 0 Å². The van der Waals surface area contributed by atoms with Crippen LogP contribution < -0.4 is 16.6 Å². The quantitative estimate of drug-likeness (QED) is 0.634. The van der Waals surface area contributed by atoms with Crippen molar-refractivity contribution in [2.45, 2.75) is 12.5 Å². The van der Waals surface area contributed by atoms with Crippen LogP contribution in [0, 0.1) is 5.82 Å². The summed E-state index contributed by atoms with van der Waals surface area (Å²) in [5.41, 5.74) is 10.9. The maximum Gasteiger partial charge on any atom is 0.235 e. The minimum atomic E-state index is -0.625. The zero-order valence-electron chi connectivity index (χ0n) is 8.46. The van der Waals surface area contributed by atoms with Crippen LogP contribution in [0.3, 0.4) is 0 Å². The van der Waals surface area contributed by atoms with Crippen LogP contribution in [-0.4, -0.2) is 13.0 Å². The number of carbonyl (C=O) groups is 1. The van der Waals surface area contributed by atoms with Gasteiger partial charge in [-0.25, -0.2) is 9.82 Å². The van der Waals surface area contributed by atoms with Crippen LogP contribution in [0.5, 0.6) is 0 Å². The van der Waals surface area contributed by atoms with Gasteiger partial charge in [-0.1, -0.05) is 18.2 Å². The number of hydrogen-bond donors (Lipinski definition) is 3. The lowest BCUT2D eigenvalue weighted by atomic mass is 10.0. The van der Waals surface area contributed by atoms with Crippen molar-refractivity contribution in [3.63, 3.8) is 0 Å². The largest absolute Gasteiger partial charge is 0.323 e. The summed E-state index contributed by atoms with van der Waals surface area (Å²) in [6.07, 6.45) is 0.0434. The molecule has 0 saturated heterocycles. The summed E-state index contributed by atoms with van der Waals surface area (Å²) >= 11 is 0. The number of halogens is 1. The standard InChI is InChI=1S/C10H14FN3O/c1-13-14-10(15)6-9(12)7-4-2-3-5-8(7)11/h2-5,9,13H,6,12H2,1H3,(H,14,15). The molecule has 0 radical (unpaired) electrons. The summed E-state index contributed by atoms with van der Waals surface area (Å²) in [5, 5.41) is 0. The first-order chi connectivity index (χ1) is 7.15. The Morgan fingerprint density at radius 3 is 2.80 bits per heavy atom. The fraction of sp³-hybridized carbons (Fsp3) is 0.300. The zero-order chi connectivity index (χ0) is 11.3. The predicted octanol–water partition coefficient (Wildman–Crippen LogP) is 0.466. The highest BCUT2D eigenvalue weighted by molar-refractivity contribution is 5.76. The summed E-state index contributed by atoms with van der Waals surface area (Å²) in [6.45, 7) is 0. The summed E-state index contributed by atoms with van der Waals surface area (Å²) < 4.78 is 13.2. The Kier molecular flexibility index (Phi) is 4.20. The first-order valence-electron chi connectivity index (χ1n) is 4.60. The lowest BCUT2D eigenvalue weighted by molar-refractivity contribution is -0.122. The van der Waals surface area contributed by atoms with Gasteiger partial charge in [-0.15, -0.1) is 0 Å². The minimum Gasteiger partial charge on any atom is -0.323 e. The molecular formula is C10H14FN3O. The molecule has 0 aliphatic heterocycles. The maximum atomic E-state index is 13.2. The minimum absolute atomic E-state index is 0.0434. The van der Waals surface area contributed by atoms with E-state index in [1.54, 1.807) is 25.2 Å². The summed E-state index contributed by atoms with van der Waals surface area (Å²) in [4.78, 5) is 11.2. The van der Waals surface area contributed by atoms with E-state index in [9.17, 15) is 9.18 Å². The van der Waals surface area contributed by atoms with Crippen molar-refractivity contribution in [3.05, 3.63) is 35.6 Å². The molecule has 15 heavy (non-hydrogen) atoms. The SMILES string of the molecule is CNNC(=O)CC(N)c1ccccc1F. The molecule has 4 N–H and O–H groups in total. The van der Waals surface area contributed by atoms with E-state index in [2.05, 4.69) is 10.9 Å². The Morgan fingerprint density at radius 2 is 2.20 bits per heavy atom. The van der Waals surface area contributed by atoms with Gasteiger partial charge in [-0.2, -0.15) is 0 Å². The van der Waals surface area contributed by atoms with Gasteiger partial charge < -0.3 is 5.73 Å². The van der Waals surface area contributed by atoms with Gasteiger partial charge in [0.05, 0.1) is 0 Å². The second-order valence-electron chi connectivity index (χ2n) is 3.13. The number of hydrazine groups is 1. The third-order valence-electron chi connectivity index (χ3n) is 1.97. The van der Waals surface area contributed by atoms with Gasteiger partial charge in [0.15, 0.2) is 0 Å². The highest BCUT2D eigenvalue weighted by Gasteiger charge is 2.14. The molecule has 0 aliphatic carbocycles. The second kappa shape index (κ2) is 5.43. The molecule has 1 atom stereocenters. The van der Waals surface area contributed by atoms with Crippen molar-refractivity contribution in [2.75, 3.05) is 7.05 Å². The number of carbonyl (C=O) groups excluding carboxylic acids is 1. The Hall–Kier alpha value is -1.46. The van der Waals surface area contributed by atoms with Crippen molar-refractivity contribution in [1.29, 1.82) is 0 Å². The van der Waals surface area contributed by atoms with Crippen molar-refractivity contribution >= 4 is 5.91 Å². The number of benzene rings is 1. The molecule has 0 saturated carbocycles. The normalized spacial score (nSPS) is 12.2. The van der Waals surface area contributed by atoms with Gasteiger partial charge in [-0.3, -0.25) is 10.2 Å². The summed E-state index contributed by atoms with van der Waals surface area (Å²) in [5.74, 6) is -0.657. The number of rotatable bonds is 4. The first kappa shape index (κ1) is 11.6. The van der Waals surface area contributed by atoms with Crippen LogP contribution in [0.1, 0.15) is 18.0 Å². The molecule has 0 spiro atoms. The molecule has 4 nitrogen and oxygen atoms in total. The number of nitrogens with two attached hydrogens (primary N) is 1. The monoisotopic (exact) mass is 211 g/mol. The molecule has 0 heterocycles. The summed E-state index contributed by atoms with van der Waals surface area (Å²) in [6, 6.07) is 5.55. The fourth-order valence-corrected chi connectivity index (χ4v) is 1.28. The van der Waals surface area contributed by atoms with Crippen molar-refractivity contribution in [1.82, 2.24) is 10.9 Å². The average Bonchev–Trinajstić information content (AvgIpc) is 2.18. The van der Waals surface area contributed by atoms with E-state index < -0.39 is 6.04 Å². The molecule has 0 aliphatic rings. The van der Waals surface area contributed by atoms with E-state index >= 15 is 0 Å². The van der Waals surface area contributed by atoms with Gasteiger partial charge in [-0.05, 0) is 6.07 Å². The van der Waals surface area contributed by atoms with Gasteiger partial charge in [0.25, 0.3) is 0 Å². The van der Waals surface area contributed by atoms with Gasteiger partial charge in [0.1, 0.15) is 5.82 Å². The van der Waals surface area contributed by atoms with Gasteiger partial charge in [0, 0.05) is 25.1 Å². The Labute approximate surface area is 87.6 Å². The molecule has 82 valence electrons. The topological polar surface area (TPSA) is 67.1 Å². The van der Waals surface area contributed by atoms with E-state index in [1.165, 1.54) is 6.07 Å². The zero-order valence-corrected chi connectivity index (χ0v) is 8.46.